The van der Waals surface area contributed by atoms with Crippen molar-refractivity contribution in [3.63, 3.8) is 0 Å². The minimum Gasteiger partial charge on any atom is -0.338 e. The van der Waals surface area contributed by atoms with Gasteiger partial charge in [0.05, 0.1) is 0 Å². The average molecular weight is 212 g/mol. The smallest absolute Gasteiger partial charge is 0.225 e. The first kappa shape index (κ1) is 12.5. The second-order valence-electron chi connectivity index (χ2n) is 4.76. The summed E-state index contributed by atoms with van der Waals surface area (Å²) in [4.78, 5) is 14.1. The van der Waals surface area contributed by atoms with Gasteiger partial charge >= 0.3 is 0 Å². The van der Waals surface area contributed by atoms with Gasteiger partial charge in [-0.15, -0.1) is 0 Å². The molecule has 3 heteroatoms. The zero-order valence-corrected chi connectivity index (χ0v) is 10.2. The topological polar surface area (TPSA) is 46.3 Å². The molecule has 1 fully saturated rings. The summed E-state index contributed by atoms with van der Waals surface area (Å²) in [6.07, 6.45) is 3.24. The van der Waals surface area contributed by atoms with Crippen LogP contribution in [0.2, 0.25) is 0 Å². The van der Waals surface area contributed by atoms with Crippen LogP contribution >= 0.6 is 0 Å². The van der Waals surface area contributed by atoms with Gasteiger partial charge in [-0.3, -0.25) is 4.79 Å². The lowest BCUT2D eigenvalue weighted by Crippen LogP contribution is -2.52. The Hall–Kier alpha value is -0.570. The number of carbonyl (C=O) groups excluding carboxylic acids is 1. The Morgan fingerprint density at radius 2 is 2.27 bits per heavy atom. The van der Waals surface area contributed by atoms with Gasteiger partial charge in [0, 0.05) is 25.0 Å². The molecule has 0 unspecified atom stereocenters. The lowest BCUT2D eigenvalue weighted by Gasteiger charge is -2.40. The monoisotopic (exact) mass is 212 g/mol. The molecule has 0 aromatic heterocycles. The van der Waals surface area contributed by atoms with E-state index in [9.17, 15) is 4.79 Å². The Morgan fingerprint density at radius 3 is 2.80 bits per heavy atom. The quantitative estimate of drug-likeness (QED) is 0.772. The first-order valence-electron chi connectivity index (χ1n) is 6.12. The van der Waals surface area contributed by atoms with Crippen LogP contribution in [0, 0.1) is 11.8 Å². The molecule has 0 saturated carbocycles. The Balaban J connectivity index is 2.69. The van der Waals surface area contributed by atoms with Crippen LogP contribution < -0.4 is 5.73 Å². The van der Waals surface area contributed by atoms with Gasteiger partial charge < -0.3 is 10.6 Å². The van der Waals surface area contributed by atoms with E-state index in [1.165, 1.54) is 6.42 Å². The highest BCUT2D eigenvalue weighted by Gasteiger charge is 2.32. The molecule has 0 aromatic carbocycles. The SMILES string of the molecule is CC[C@H](C)C(=O)N1CCC[C@@H](C)[C@H]1CN. The second kappa shape index (κ2) is 5.50. The van der Waals surface area contributed by atoms with Crippen LogP contribution in [0.1, 0.15) is 40.0 Å². The molecule has 0 radical (unpaired) electrons. The minimum atomic E-state index is 0.143. The molecule has 1 heterocycles. The number of nitrogens with zero attached hydrogens (tertiary/aromatic N) is 1. The molecule has 1 aliphatic heterocycles. The van der Waals surface area contributed by atoms with Gasteiger partial charge in [-0.1, -0.05) is 20.8 Å². The van der Waals surface area contributed by atoms with E-state index >= 15 is 0 Å². The predicted octanol–water partition coefficient (Wildman–Crippen LogP) is 1.62. The molecule has 1 saturated heterocycles. The highest BCUT2D eigenvalue weighted by molar-refractivity contribution is 5.78. The van der Waals surface area contributed by atoms with E-state index in [1.54, 1.807) is 0 Å². The van der Waals surface area contributed by atoms with Crippen molar-refractivity contribution in [3.8, 4) is 0 Å². The van der Waals surface area contributed by atoms with Crippen molar-refractivity contribution in [2.24, 2.45) is 17.6 Å². The lowest BCUT2D eigenvalue weighted by molar-refractivity contribution is -0.140. The number of piperidine rings is 1. The molecular formula is C12H24N2O. The summed E-state index contributed by atoms with van der Waals surface area (Å²) in [6.45, 7) is 7.77. The van der Waals surface area contributed by atoms with Crippen molar-refractivity contribution in [2.45, 2.75) is 46.1 Å². The first-order valence-corrected chi connectivity index (χ1v) is 6.12. The van der Waals surface area contributed by atoms with Gasteiger partial charge in [-0.25, -0.2) is 0 Å². The molecule has 88 valence electrons. The maximum Gasteiger partial charge on any atom is 0.225 e. The Morgan fingerprint density at radius 1 is 1.60 bits per heavy atom. The second-order valence-corrected chi connectivity index (χ2v) is 4.76. The van der Waals surface area contributed by atoms with E-state index in [-0.39, 0.29) is 12.0 Å². The molecule has 1 amide bonds. The van der Waals surface area contributed by atoms with Crippen LogP contribution in [0.15, 0.2) is 0 Å². The number of likely N-dealkylation sites (tertiary alicyclic amines) is 1. The number of rotatable bonds is 3. The van der Waals surface area contributed by atoms with E-state index in [4.69, 9.17) is 5.73 Å². The van der Waals surface area contributed by atoms with E-state index < -0.39 is 0 Å². The Kier molecular flexibility index (Phi) is 4.58. The van der Waals surface area contributed by atoms with E-state index in [0.717, 1.165) is 19.4 Å². The van der Waals surface area contributed by atoms with Crippen molar-refractivity contribution in [2.75, 3.05) is 13.1 Å². The summed E-state index contributed by atoms with van der Waals surface area (Å²) in [5.41, 5.74) is 5.77. The highest BCUT2D eigenvalue weighted by Crippen LogP contribution is 2.24. The number of hydrogen-bond acceptors (Lipinski definition) is 2. The minimum absolute atomic E-state index is 0.143. The molecule has 0 aromatic rings. The molecule has 1 rings (SSSR count). The van der Waals surface area contributed by atoms with Crippen molar-refractivity contribution in [3.05, 3.63) is 0 Å². The van der Waals surface area contributed by atoms with Crippen molar-refractivity contribution in [1.82, 2.24) is 4.90 Å². The average Bonchev–Trinajstić information content (AvgIpc) is 2.26. The van der Waals surface area contributed by atoms with Crippen LogP contribution in [0.4, 0.5) is 0 Å². The lowest BCUT2D eigenvalue weighted by atomic mass is 9.89. The molecule has 3 nitrogen and oxygen atoms in total. The fraction of sp³-hybridized carbons (Fsp3) is 0.917. The van der Waals surface area contributed by atoms with Gasteiger partial charge in [0.2, 0.25) is 5.91 Å². The largest absolute Gasteiger partial charge is 0.338 e. The highest BCUT2D eigenvalue weighted by atomic mass is 16.2. The van der Waals surface area contributed by atoms with Gasteiger partial charge in [0.1, 0.15) is 0 Å². The number of carbonyl (C=O) groups is 1. The zero-order chi connectivity index (χ0) is 11.4. The number of hydrogen-bond donors (Lipinski definition) is 1. The van der Waals surface area contributed by atoms with E-state index in [2.05, 4.69) is 13.8 Å². The normalized spacial score (nSPS) is 28.9. The number of amides is 1. The molecule has 0 aliphatic carbocycles. The fourth-order valence-electron chi connectivity index (χ4n) is 2.34. The molecule has 1 aliphatic rings. The summed E-state index contributed by atoms with van der Waals surface area (Å²) in [6, 6.07) is 0.264. The number of nitrogens with two attached hydrogens (primary N) is 1. The van der Waals surface area contributed by atoms with Crippen LogP contribution in [-0.4, -0.2) is 29.9 Å². The molecule has 15 heavy (non-hydrogen) atoms. The summed E-state index contributed by atoms with van der Waals surface area (Å²) in [7, 11) is 0. The fourth-order valence-corrected chi connectivity index (χ4v) is 2.34. The summed E-state index contributed by atoms with van der Waals surface area (Å²) in [5.74, 6) is 0.987. The van der Waals surface area contributed by atoms with Gasteiger partial charge in [-0.2, -0.15) is 0 Å². The predicted molar refractivity (Wildman–Crippen MR) is 62.4 cm³/mol. The first-order chi connectivity index (χ1) is 7.11. The molecule has 2 N–H and O–H groups in total. The van der Waals surface area contributed by atoms with Crippen LogP contribution in [-0.2, 0) is 4.79 Å². The van der Waals surface area contributed by atoms with Crippen LogP contribution in [0.25, 0.3) is 0 Å². The third-order valence-electron chi connectivity index (χ3n) is 3.67. The van der Waals surface area contributed by atoms with Crippen LogP contribution in [0.3, 0.4) is 0 Å². The molecule has 0 bridgehead atoms. The maximum absolute atomic E-state index is 12.1. The standard InChI is InChI=1S/C12H24N2O/c1-4-9(2)12(15)14-7-5-6-10(3)11(14)8-13/h9-11H,4-8,13H2,1-3H3/t9-,10+,11+/m0/s1. The summed E-state index contributed by atoms with van der Waals surface area (Å²) >= 11 is 0. The van der Waals surface area contributed by atoms with Gasteiger partial charge in [0.25, 0.3) is 0 Å². The zero-order valence-electron chi connectivity index (χ0n) is 10.2. The van der Waals surface area contributed by atoms with E-state index in [0.29, 0.717) is 18.4 Å². The summed E-state index contributed by atoms with van der Waals surface area (Å²) in [5, 5.41) is 0. The third kappa shape index (κ3) is 2.71. The van der Waals surface area contributed by atoms with Crippen molar-refractivity contribution < 1.29 is 4.79 Å². The van der Waals surface area contributed by atoms with E-state index in [1.807, 2.05) is 11.8 Å². The van der Waals surface area contributed by atoms with Crippen molar-refractivity contribution >= 4 is 5.91 Å². The van der Waals surface area contributed by atoms with Gasteiger partial charge in [0.15, 0.2) is 0 Å². The summed E-state index contributed by atoms with van der Waals surface area (Å²) < 4.78 is 0. The maximum atomic E-state index is 12.1. The molecular weight excluding hydrogens is 188 g/mol. The Labute approximate surface area is 93.0 Å². The van der Waals surface area contributed by atoms with Crippen LogP contribution in [0.5, 0.6) is 0 Å². The van der Waals surface area contributed by atoms with Crippen molar-refractivity contribution in [1.29, 1.82) is 0 Å². The van der Waals surface area contributed by atoms with Gasteiger partial charge in [-0.05, 0) is 25.2 Å². The Bertz CT molecular complexity index is 218. The molecule has 3 atom stereocenters. The third-order valence-corrected chi connectivity index (χ3v) is 3.67. The molecule has 0 spiro atoms.